The molecule has 92 valence electrons. The van der Waals surface area contributed by atoms with Crippen molar-refractivity contribution in [1.29, 1.82) is 0 Å². The largest absolute Gasteiger partial charge is 0.444 e. The molecular weight excluding hydrogens is 212 g/mol. The lowest BCUT2D eigenvalue weighted by molar-refractivity contribution is -0.144. The highest BCUT2D eigenvalue weighted by molar-refractivity contribution is 5.84. The van der Waals surface area contributed by atoms with E-state index in [4.69, 9.17) is 4.74 Å². The Balaban J connectivity index is 2.60. The fourth-order valence-corrected chi connectivity index (χ4v) is 1.26. The first-order valence-corrected chi connectivity index (χ1v) is 5.09. The summed E-state index contributed by atoms with van der Waals surface area (Å²) in [6, 6.07) is -0.748. The summed E-state index contributed by atoms with van der Waals surface area (Å²) in [5.74, 6) is -0.518. The standard InChI is InChI=1S/C10H18N2O4/c1-9(2,3)15-8(14)11-6-7(13)16-12-10(6,4)5/h6,12H,1-5H3,(H,11,14)/t6-/m1/s1. The fourth-order valence-electron chi connectivity index (χ4n) is 1.26. The maximum atomic E-state index is 11.5. The molecule has 0 aromatic rings. The van der Waals surface area contributed by atoms with E-state index in [-0.39, 0.29) is 0 Å². The van der Waals surface area contributed by atoms with Gasteiger partial charge in [0, 0.05) is 0 Å². The summed E-state index contributed by atoms with van der Waals surface area (Å²) in [5.41, 5.74) is 1.31. The monoisotopic (exact) mass is 230 g/mol. The lowest BCUT2D eigenvalue weighted by atomic mass is 9.97. The number of rotatable bonds is 1. The normalized spacial score (nSPS) is 23.8. The zero-order valence-electron chi connectivity index (χ0n) is 10.2. The van der Waals surface area contributed by atoms with E-state index in [1.165, 1.54) is 0 Å². The Morgan fingerprint density at radius 1 is 1.50 bits per heavy atom. The molecule has 1 rings (SSSR count). The second-order valence-electron chi connectivity index (χ2n) is 5.32. The number of amides is 1. The molecule has 1 amide bonds. The predicted molar refractivity (Wildman–Crippen MR) is 56.5 cm³/mol. The quantitative estimate of drug-likeness (QED) is 0.694. The lowest BCUT2D eigenvalue weighted by Crippen LogP contribution is -2.53. The van der Waals surface area contributed by atoms with Gasteiger partial charge in [0.15, 0.2) is 6.04 Å². The van der Waals surface area contributed by atoms with E-state index < -0.39 is 29.2 Å². The Morgan fingerprint density at radius 3 is 2.44 bits per heavy atom. The van der Waals surface area contributed by atoms with Crippen molar-refractivity contribution in [2.75, 3.05) is 0 Å². The first-order chi connectivity index (χ1) is 7.12. The zero-order valence-corrected chi connectivity index (χ0v) is 10.2. The van der Waals surface area contributed by atoms with Gasteiger partial charge in [0.05, 0.1) is 5.54 Å². The van der Waals surface area contributed by atoms with Crippen LogP contribution in [0.25, 0.3) is 0 Å². The molecule has 0 radical (unpaired) electrons. The maximum absolute atomic E-state index is 11.5. The van der Waals surface area contributed by atoms with Gasteiger partial charge < -0.3 is 14.9 Å². The Labute approximate surface area is 94.6 Å². The topological polar surface area (TPSA) is 76.7 Å². The number of hydrogen-bond acceptors (Lipinski definition) is 5. The highest BCUT2D eigenvalue weighted by atomic mass is 16.7. The number of carbonyl (C=O) groups is 2. The molecular formula is C10H18N2O4. The van der Waals surface area contributed by atoms with Crippen molar-refractivity contribution in [3.05, 3.63) is 0 Å². The van der Waals surface area contributed by atoms with Crippen LogP contribution in [0.3, 0.4) is 0 Å². The van der Waals surface area contributed by atoms with Crippen LogP contribution in [0.2, 0.25) is 0 Å². The van der Waals surface area contributed by atoms with Gasteiger partial charge in [0.25, 0.3) is 0 Å². The minimum atomic E-state index is -0.748. The van der Waals surface area contributed by atoms with Crippen molar-refractivity contribution in [3.63, 3.8) is 0 Å². The number of ether oxygens (including phenoxy) is 1. The van der Waals surface area contributed by atoms with E-state index >= 15 is 0 Å². The second kappa shape index (κ2) is 3.93. The Morgan fingerprint density at radius 2 is 2.06 bits per heavy atom. The van der Waals surface area contributed by atoms with E-state index in [1.54, 1.807) is 34.6 Å². The molecule has 0 spiro atoms. The summed E-state index contributed by atoms with van der Waals surface area (Å²) in [4.78, 5) is 27.5. The molecule has 6 heteroatoms. The molecule has 1 fully saturated rings. The van der Waals surface area contributed by atoms with E-state index in [0.29, 0.717) is 0 Å². The van der Waals surface area contributed by atoms with Crippen molar-refractivity contribution in [2.24, 2.45) is 0 Å². The molecule has 1 saturated heterocycles. The number of carbonyl (C=O) groups excluding carboxylic acids is 2. The number of hydrogen-bond donors (Lipinski definition) is 2. The molecule has 1 aliphatic heterocycles. The lowest BCUT2D eigenvalue weighted by Gasteiger charge is -2.25. The van der Waals surface area contributed by atoms with Gasteiger partial charge in [-0.25, -0.2) is 9.59 Å². The van der Waals surface area contributed by atoms with Crippen LogP contribution < -0.4 is 10.8 Å². The van der Waals surface area contributed by atoms with Gasteiger partial charge in [0.1, 0.15) is 5.60 Å². The van der Waals surface area contributed by atoms with Crippen molar-refractivity contribution >= 4 is 12.1 Å². The molecule has 0 aromatic heterocycles. The molecule has 0 saturated carbocycles. The smallest absolute Gasteiger partial charge is 0.408 e. The van der Waals surface area contributed by atoms with Crippen LogP contribution >= 0.6 is 0 Å². The van der Waals surface area contributed by atoms with Gasteiger partial charge in [-0.1, -0.05) is 0 Å². The Bertz CT molecular complexity index is 306. The summed E-state index contributed by atoms with van der Waals surface area (Å²) in [5, 5.41) is 2.48. The molecule has 6 nitrogen and oxygen atoms in total. The number of nitrogens with one attached hydrogen (secondary N) is 2. The van der Waals surface area contributed by atoms with E-state index in [1.807, 2.05) is 0 Å². The van der Waals surface area contributed by atoms with Crippen molar-refractivity contribution in [3.8, 4) is 0 Å². The van der Waals surface area contributed by atoms with Gasteiger partial charge in [-0.3, -0.25) is 0 Å². The van der Waals surface area contributed by atoms with Crippen molar-refractivity contribution < 1.29 is 19.2 Å². The molecule has 0 aliphatic carbocycles. The third-order valence-electron chi connectivity index (χ3n) is 2.03. The minimum Gasteiger partial charge on any atom is -0.444 e. The second-order valence-corrected chi connectivity index (χ2v) is 5.32. The number of alkyl carbamates (subject to hydrolysis) is 1. The first kappa shape index (κ1) is 12.8. The van der Waals surface area contributed by atoms with Gasteiger partial charge in [0.2, 0.25) is 0 Å². The molecule has 0 unspecified atom stereocenters. The highest BCUT2D eigenvalue weighted by Crippen LogP contribution is 2.17. The van der Waals surface area contributed by atoms with Crippen LogP contribution in [-0.4, -0.2) is 29.2 Å². The SMILES string of the molecule is CC(C)(C)OC(=O)N[C@@H]1C(=O)ONC1(C)C. The predicted octanol–water partition coefficient (Wildman–Crippen LogP) is 0.720. The average Bonchev–Trinajstić information content (AvgIpc) is 2.28. The van der Waals surface area contributed by atoms with Crippen LogP contribution in [0.1, 0.15) is 34.6 Å². The molecule has 0 aromatic carbocycles. The van der Waals surface area contributed by atoms with Gasteiger partial charge in [-0.05, 0) is 34.6 Å². The Kier molecular flexibility index (Phi) is 3.14. The molecule has 2 N–H and O–H groups in total. The third kappa shape index (κ3) is 3.10. The summed E-state index contributed by atoms with van der Waals surface area (Å²) >= 11 is 0. The van der Waals surface area contributed by atoms with E-state index in [0.717, 1.165) is 0 Å². The maximum Gasteiger partial charge on any atom is 0.408 e. The van der Waals surface area contributed by atoms with Crippen LogP contribution in [0.15, 0.2) is 0 Å². The molecule has 1 heterocycles. The van der Waals surface area contributed by atoms with Crippen molar-refractivity contribution in [2.45, 2.75) is 51.8 Å². The van der Waals surface area contributed by atoms with Gasteiger partial charge >= 0.3 is 12.1 Å². The van der Waals surface area contributed by atoms with Crippen LogP contribution in [0.5, 0.6) is 0 Å². The zero-order chi connectivity index (χ0) is 12.6. The van der Waals surface area contributed by atoms with Gasteiger partial charge in [-0.2, -0.15) is 0 Å². The van der Waals surface area contributed by atoms with Crippen LogP contribution in [-0.2, 0) is 14.4 Å². The third-order valence-corrected chi connectivity index (χ3v) is 2.03. The van der Waals surface area contributed by atoms with Crippen molar-refractivity contribution in [1.82, 2.24) is 10.8 Å². The molecule has 1 atom stereocenters. The Hall–Kier alpha value is -1.30. The van der Waals surface area contributed by atoms with Crippen LogP contribution in [0.4, 0.5) is 4.79 Å². The average molecular weight is 230 g/mol. The minimum absolute atomic E-state index is 0.518. The highest BCUT2D eigenvalue weighted by Gasteiger charge is 2.45. The van der Waals surface area contributed by atoms with Crippen LogP contribution in [0, 0.1) is 0 Å². The molecule has 0 bridgehead atoms. The molecule has 16 heavy (non-hydrogen) atoms. The molecule has 1 aliphatic rings. The van der Waals surface area contributed by atoms with Gasteiger partial charge in [-0.15, -0.1) is 5.48 Å². The summed E-state index contributed by atoms with van der Waals surface area (Å²) in [7, 11) is 0. The first-order valence-electron chi connectivity index (χ1n) is 5.09. The summed E-state index contributed by atoms with van der Waals surface area (Å²) < 4.78 is 5.06. The van der Waals surface area contributed by atoms with E-state index in [9.17, 15) is 9.59 Å². The van der Waals surface area contributed by atoms with E-state index in [2.05, 4.69) is 15.6 Å². The summed E-state index contributed by atoms with van der Waals surface area (Å²) in [6.07, 6.45) is -0.633. The number of hydroxylamine groups is 1. The fraction of sp³-hybridized carbons (Fsp3) is 0.800. The summed E-state index contributed by atoms with van der Waals surface area (Å²) in [6.45, 7) is 8.76.